The fraction of sp³-hybridized carbons (Fsp3) is 0.400. The maximum Gasteiger partial charge on any atom is 0.260 e. The van der Waals surface area contributed by atoms with Gasteiger partial charge >= 0.3 is 0 Å². The van der Waals surface area contributed by atoms with Crippen LogP contribution < -0.4 is 16.6 Å². The van der Waals surface area contributed by atoms with Crippen molar-refractivity contribution in [2.45, 2.75) is 13.3 Å². The Bertz CT molecular complexity index is 398. The van der Waals surface area contributed by atoms with Gasteiger partial charge in [0.1, 0.15) is 5.56 Å². The molecular formula is C10H15N3O2. The first-order valence-corrected chi connectivity index (χ1v) is 4.83. The highest BCUT2D eigenvalue weighted by Gasteiger charge is 2.08. The average molecular weight is 209 g/mol. The molecule has 0 fully saturated rings. The number of aromatic amines is 1. The molecule has 1 aromatic rings. The van der Waals surface area contributed by atoms with Gasteiger partial charge in [-0.3, -0.25) is 9.59 Å². The van der Waals surface area contributed by atoms with Crippen molar-refractivity contribution in [3.8, 4) is 0 Å². The molecular weight excluding hydrogens is 194 g/mol. The molecule has 1 amide bonds. The van der Waals surface area contributed by atoms with Gasteiger partial charge in [0.25, 0.3) is 11.5 Å². The summed E-state index contributed by atoms with van der Waals surface area (Å²) in [5, 5.41) is 2.62. The van der Waals surface area contributed by atoms with Crippen molar-refractivity contribution in [3.05, 3.63) is 33.7 Å². The fourth-order valence-electron chi connectivity index (χ4n) is 1.15. The quantitative estimate of drug-likeness (QED) is 0.598. The second-order valence-electron chi connectivity index (χ2n) is 3.28. The zero-order chi connectivity index (χ0) is 11.3. The SMILES string of the molecule is Cc1ccc(C(=O)NCCCN)c(=O)[nH]1. The summed E-state index contributed by atoms with van der Waals surface area (Å²) >= 11 is 0. The molecule has 0 aliphatic rings. The van der Waals surface area contributed by atoms with Crippen LogP contribution in [0, 0.1) is 6.92 Å². The van der Waals surface area contributed by atoms with Crippen molar-refractivity contribution < 1.29 is 4.79 Å². The number of hydrogen-bond acceptors (Lipinski definition) is 3. The van der Waals surface area contributed by atoms with E-state index in [1.807, 2.05) is 0 Å². The molecule has 0 spiro atoms. The molecule has 4 N–H and O–H groups in total. The molecule has 1 aromatic heterocycles. The molecule has 0 aromatic carbocycles. The summed E-state index contributed by atoms with van der Waals surface area (Å²) in [5.74, 6) is -0.357. The second kappa shape index (κ2) is 5.31. The van der Waals surface area contributed by atoms with Crippen molar-refractivity contribution in [1.82, 2.24) is 10.3 Å². The number of hydrogen-bond donors (Lipinski definition) is 3. The van der Waals surface area contributed by atoms with E-state index in [-0.39, 0.29) is 17.0 Å². The van der Waals surface area contributed by atoms with Gasteiger partial charge in [-0.1, -0.05) is 0 Å². The normalized spacial score (nSPS) is 10.0. The lowest BCUT2D eigenvalue weighted by atomic mass is 10.2. The highest BCUT2D eigenvalue weighted by atomic mass is 16.2. The maximum absolute atomic E-state index is 11.5. The van der Waals surface area contributed by atoms with Gasteiger partial charge in [0, 0.05) is 12.2 Å². The summed E-state index contributed by atoms with van der Waals surface area (Å²) in [6.45, 7) is 2.77. The number of carbonyl (C=O) groups excluding carboxylic acids is 1. The topological polar surface area (TPSA) is 88.0 Å². The summed E-state index contributed by atoms with van der Waals surface area (Å²) in [6, 6.07) is 3.21. The van der Waals surface area contributed by atoms with Gasteiger partial charge in [0.05, 0.1) is 0 Å². The predicted molar refractivity (Wildman–Crippen MR) is 57.8 cm³/mol. The number of H-pyrrole nitrogens is 1. The van der Waals surface area contributed by atoms with Crippen molar-refractivity contribution in [3.63, 3.8) is 0 Å². The number of aryl methyl sites for hydroxylation is 1. The molecule has 0 aliphatic carbocycles. The van der Waals surface area contributed by atoms with Gasteiger partial charge in [-0.25, -0.2) is 0 Å². The van der Waals surface area contributed by atoms with Gasteiger partial charge in [-0.15, -0.1) is 0 Å². The highest BCUT2D eigenvalue weighted by Crippen LogP contribution is 1.93. The molecule has 0 bridgehead atoms. The molecule has 82 valence electrons. The van der Waals surface area contributed by atoms with Crippen LogP contribution in [0.3, 0.4) is 0 Å². The monoisotopic (exact) mass is 209 g/mol. The highest BCUT2D eigenvalue weighted by molar-refractivity contribution is 5.93. The van der Waals surface area contributed by atoms with E-state index in [1.165, 1.54) is 6.07 Å². The summed E-state index contributed by atoms with van der Waals surface area (Å²) < 4.78 is 0. The van der Waals surface area contributed by atoms with E-state index in [0.717, 1.165) is 5.69 Å². The van der Waals surface area contributed by atoms with Gasteiger partial charge in [0.2, 0.25) is 0 Å². The number of nitrogens with one attached hydrogen (secondary N) is 2. The average Bonchev–Trinajstić information content (AvgIpc) is 2.17. The molecule has 15 heavy (non-hydrogen) atoms. The van der Waals surface area contributed by atoms with Crippen LogP contribution in [0.25, 0.3) is 0 Å². The molecule has 5 heteroatoms. The number of amides is 1. The van der Waals surface area contributed by atoms with Crippen molar-refractivity contribution in [2.75, 3.05) is 13.1 Å². The van der Waals surface area contributed by atoms with Crippen LogP contribution in [0.5, 0.6) is 0 Å². The Morgan fingerprint density at radius 3 is 2.87 bits per heavy atom. The van der Waals surface area contributed by atoms with E-state index < -0.39 is 0 Å². The first-order valence-electron chi connectivity index (χ1n) is 4.83. The van der Waals surface area contributed by atoms with Crippen molar-refractivity contribution in [2.24, 2.45) is 5.73 Å². The maximum atomic E-state index is 11.5. The lowest BCUT2D eigenvalue weighted by Crippen LogP contribution is -2.31. The lowest BCUT2D eigenvalue weighted by molar-refractivity contribution is 0.0952. The molecule has 1 heterocycles. The number of rotatable bonds is 4. The van der Waals surface area contributed by atoms with E-state index >= 15 is 0 Å². The van der Waals surface area contributed by atoms with E-state index in [4.69, 9.17) is 5.73 Å². The van der Waals surface area contributed by atoms with Crippen LogP contribution in [0.2, 0.25) is 0 Å². The molecule has 5 nitrogen and oxygen atoms in total. The van der Waals surface area contributed by atoms with Gasteiger partial charge in [-0.05, 0) is 32.0 Å². The van der Waals surface area contributed by atoms with E-state index in [1.54, 1.807) is 13.0 Å². The Morgan fingerprint density at radius 1 is 1.53 bits per heavy atom. The molecule has 0 saturated heterocycles. The molecule has 0 saturated carbocycles. The first-order chi connectivity index (χ1) is 7.15. The van der Waals surface area contributed by atoms with Crippen LogP contribution in [-0.2, 0) is 0 Å². The van der Waals surface area contributed by atoms with E-state index in [9.17, 15) is 9.59 Å². The van der Waals surface area contributed by atoms with Crippen LogP contribution in [0.15, 0.2) is 16.9 Å². The zero-order valence-electron chi connectivity index (χ0n) is 8.67. The van der Waals surface area contributed by atoms with E-state index in [0.29, 0.717) is 19.5 Å². The van der Waals surface area contributed by atoms with Crippen LogP contribution in [0.1, 0.15) is 22.5 Å². The van der Waals surface area contributed by atoms with Gasteiger partial charge in [-0.2, -0.15) is 0 Å². The Morgan fingerprint density at radius 2 is 2.27 bits per heavy atom. The number of carbonyl (C=O) groups is 1. The summed E-state index contributed by atoms with van der Waals surface area (Å²) in [7, 11) is 0. The third-order valence-electron chi connectivity index (χ3n) is 1.97. The Kier molecular flexibility index (Phi) is 4.05. The van der Waals surface area contributed by atoms with Crippen LogP contribution in [-0.4, -0.2) is 24.0 Å². The minimum atomic E-state index is -0.361. The summed E-state index contributed by atoms with van der Waals surface area (Å²) in [4.78, 5) is 25.4. The van der Waals surface area contributed by atoms with Gasteiger partial charge in [0.15, 0.2) is 0 Å². The Balaban J connectivity index is 2.70. The Labute approximate surface area is 87.7 Å². The summed E-state index contributed by atoms with van der Waals surface area (Å²) in [5.41, 5.74) is 5.79. The molecule has 0 atom stereocenters. The third-order valence-corrected chi connectivity index (χ3v) is 1.97. The first kappa shape index (κ1) is 11.5. The molecule has 0 aliphatic heterocycles. The zero-order valence-corrected chi connectivity index (χ0v) is 8.67. The van der Waals surface area contributed by atoms with Crippen LogP contribution >= 0.6 is 0 Å². The van der Waals surface area contributed by atoms with Gasteiger partial charge < -0.3 is 16.0 Å². The molecule has 0 radical (unpaired) electrons. The third kappa shape index (κ3) is 3.21. The second-order valence-corrected chi connectivity index (χ2v) is 3.28. The van der Waals surface area contributed by atoms with Crippen molar-refractivity contribution in [1.29, 1.82) is 0 Å². The smallest absolute Gasteiger partial charge is 0.260 e. The summed E-state index contributed by atoms with van der Waals surface area (Å²) in [6.07, 6.45) is 0.704. The predicted octanol–water partition coefficient (Wildman–Crippen LogP) is -0.238. The standard InChI is InChI=1S/C10H15N3O2/c1-7-3-4-8(10(15)13-7)9(14)12-6-2-5-11/h3-4H,2,5-6,11H2,1H3,(H,12,14)(H,13,15). The number of pyridine rings is 1. The van der Waals surface area contributed by atoms with Crippen molar-refractivity contribution >= 4 is 5.91 Å². The molecule has 0 unspecified atom stereocenters. The minimum absolute atomic E-state index is 0.137. The fourth-order valence-corrected chi connectivity index (χ4v) is 1.15. The number of aromatic nitrogens is 1. The lowest BCUT2D eigenvalue weighted by Gasteiger charge is -2.03. The largest absolute Gasteiger partial charge is 0.352 e. The molecule has 1 rings (SSSR count). The minimum Gasteiger partial charge on any atom is -0.352 e. The number of nitrogens with two attached hydrogens (primary N) is 1. The van der Waals surface area contributed by atoms with Crippen LogP contribution in [0.4, 0.5) is 0 Å². The Hall–Kier alpha value is -1.62. The van der Waals surface area contributed by atoms with E-state index in [2.05, 4.69) is 10.3 Å².